The Morgan fingerprint density at radius 2 is 0.935 bits per heavy atom. The summed E-state index contributed by atoms with van der Waals surface area (Å²) in [5.74, 6) is -0.286. The average Bonchev–Trinajstić information content (AvgIpc) is 1.59. The number of allylic oxidation sites excluding steroid dienone is 7. The van der Waals surface area contributed by atoms with E-state index in [0.717, 1.165) is 108 Å². The number of primary sulfonamides is 2. The van der Waals surface area contributed by atoms with Crippen molar-refractivity contribution in [1.82, 2.24) is 15.1 Å². The van der Waals surface area contributed by atoms with Crippen LogP contribution in [0.25, 0.3) is 0 Å². The lowest BCUT2D eigenvalue weighted by Gasteiger charge is -2.27. The van der Waals surface area contributed by atoms with E-state index >= 15 is 0 Å². The van der Waals surface area contributed by atoms with Gasteiger partial charge in [-0.2, -0.15) is 21.4 Å². The number of ketones is 1. The molecule has 138 heavy (non-hydrogen) atoms. The van der Waals surface area contributed by atoms with Crippen molar-refractivity contribution >= 4 is 98.3 Å². The van der Waals surface area contributed by atoms with Crippen LogP contribution in [0.1, 0.15) is 122 Å². The summed E-state index contributed by atoms with van der Waals surface area (Å²) >= 11 is 0. The van der Waals surface area contributed by atoms with Crippen LogP contribution in [0.4, 0.5) is 27.5 Å². The third kappa shape index (κ3) is 39.4. The third-order valence-corrected chi connectivity index (χ3v) is 26.1. The van der Waals surface area contributed by atoms with Gasteiger partial charge in [0.25, 0.3) is 20.2 Å². The van der Waals surface area contributed by atoms with Gasteiger partial charge in [0.2, 0.25) is 43.5 Å². The molecule has 2 aliphatic heterocycles. The van der Waals surface area contributed by atoms with Crippen molar-refractivity contribution in [2.45, 2.75) is 143 Å². The van der Waals surface area contributed by atoms with Gasteiger partial charge in [-0.3, -0.25) is 38.1 Å². The van der Waals surface area contributed by atoms with Gasteiger partial charge in [0.15, 0.2) is 5.71 Å². The number of rotatable bonds is 69. The molecule has 38 nitrogen and oxygen atoms in total. The van der Waals surface area contributed by atoms with E-state index < -0.39 is 81.5 Å². The number of nitrogens with two attached hydrogens (primary N) is 2. The minimum atomic E-state index is -4.45. The number of benzene rings is 5. The highest BCUT2D eigenvalue weighted by atomic mass is 32.2. The van der Waals surface area contributed by atoms with Gasteiger partial charge >= 0.3 is 6.09 Å². The predicted octanol–water partition coefficient (Wildman–Crippen LogP) is 9.38. The number of methoxy groups -OCH3 is 1. The molecule has 0 atom stereocenters. The number of carbonyl (C=O) groups excluding carboxylic acids is 5. The quantitative estimate of drug-likeness (QED) is 0.0108. The fourth-order valence-electron chi connectivity index (χ4n) is 15.2. The smallest absolute Gasteiger partial charge is 0.409 e. The summed E-state index contributed by atoms with van der Waals surface area (Å²) in [5.41, 5.74) is 7.58. The molecule has 0 saturated carbocycles. The summed E-state index contributed by atoms with van der Waals surface area (Å²) < 4.78 is 198. The second kappa shape index (κ2) is 58.9. The number of unbranched alkanes of at least 4 members (excludes halogenated alkanes) is 2. The first-order valence-electron chi connectivity index (χ1n) is 46.4. The van der Waals surface area contributed by atoms with Gasteiger partial charge in [-0.15, -0.1) is 0 Å². The van der Waals surface area contributed by atoms with Crippen LogP contribution < -0.4 is 35.9 Å². The normalized spacial score (nSPS) is 14.9. The molecule has 0 aromatic heterocycles. The molecular formula is C96H138N9O29S4+. The molecule has 764 valence electrons. The van der Waals surface area contributed by atoms with Crippen LogP contribution >= 0.6 is 0 Å². The summed E-state index contributed by atoms with van der Waals surface area (Å²) in [7, 11) is -15.8. The molecule has 8 rings (SSSR count). The van der Waals surface area contributed by atoms with Crippen LogP contribution in [0.3, 0.4) is 0 Å². The number of nitrogens with one attached hydrogen (secondary N) is 3. The minimum Gasteiger partial charge on any atom is -0.457 e. The van der Waals surface area contributed by atoms with Crippen LogP contribution in [0.5, 0.6) is 5.75 Å². The molecule has 0 saturated heterocycles. The first-order chi connectivity index (χ1) is 66.0. The lowest BCUT2D eigenvalue weighted by Crippen LogP contribution is -2.47. The Kier molecular flexibility index (Phi) is 48.7. The number of aryl methyl sites for hydroxylation is 1. The highest BCUT2D eigenvalue weighted by Crippen LogP contribution is 2.49. The fraction of sp³-hybridized carbons (Fsp3) is 0.542. The maximum Gasteiger partial charge on any atom is 0.409 e. The second-order valence-electron chi connectivity index (χ2n) is 33.7. The van der Waals surface area contributed by atoms with Crippen LogP contribution in [0.15, 0.2) is 176 Å². The molecule has 5 aromatic rings. The number of sulfonamides is 2. The molecule has 0 unspecified atom stereocenters. The van der Waals surface area contributed by atoms with Crippen molar-refractivity contribution < 1.29 is 138 Å². The van der Waals surface area contributed by atoms with E-state index in [0.29, 0.717) is 189 Å². The Morgan fingerprint density at radius 3 is 1.41 bits per heavy atom. The second-order valence-corrected chi connectivity index (χ2v) is 39.6. The van der Waals surface area contributed by atoms with Gasteiger partial charge in [-0.1, -0.05) is 58.7 Å². The Balaban J connectivity index is 0.594. The number of anilines is 3. The van der Waals surface area contributed by atoms with E-state index in [1.54, 1.807) is 24.3 Å². The van der Waals surface area contributed by atoms with E-state index in [4.69, 9.17) is 76.6 Å². The highest BCUT2D eigenvalue weighted by molar-refractivity contribution is 7.89. The topological polar surface area (TPSA) is 492 Å². The lowest BCUT2D eigenvalue weighted by molar-refractivity contribution is -0.438. The Bertz CT molecular complexity index is 5370. The van der Waals surface area contributed by atoms with Gasteiger partial charge < -0.3 is 87.2 Å². The van der Waals surface area contributed by atoms with Crippen LogP contribution in [0.2, 0.25) is 0 Å². The number of Topliss-reactive ketones (excluding diaryl/α,β-unsaturated/α-hetero) is 1. The fourth-order valence-corrected chi connectivity index (χ4v) is 17.3. The van der Waals surface area contributed by atoms with Crippen molar-refractivity contribution in [3.63, 3.8) is 0 Å². The summed E-state index contributed by atoms with van der Waals surface area (Å²) in [4.78, 5) is 69.0. The van der Waals surface area contributed by atoms with E-state index in [1.165, 1.54) is 65.6 Å². The van der Waals surface area contributed by atoms with Gasteiger partial charge in [0, 0.05) is 91.3 Å². The Morgan fingerprint density at radius 1 is 0.486 bits per heavy atom. The van der Waals surface area contributed by atoms with Crippen molar-refractivity contribution in [2.24, 2.45) is 10.3 Å². The van der Waals surface area contributed by atoms with Gasteiger partial charge in [-0.25, -0.2) is 31.9 Å². The summed E-state index contributed by atoms with van der Waals surface area (Å²) in [6.45, 7) is 21.2. The van der Waals surface area contributed by atoms with Crippen LogP contribution in [0, 0.1) is 0 Å². The van der Waals surface area contributed by atoms with Crippen molar-refractivity contribution in [2.75, 3.05) is 234 Å². The Labute approximate surface area is 811 Å². The number of ether oxygens (including phenoxy) is 14. The third-order valence-electron chi connectivity index (χ3n) is 22.5. The number of amides is 4. The molecule has 4 amide bonds. The molecule has 0 bridgehead atoms. The van der Waals surface area contributed by atoms with Crippen LogP contribution in [-0.2, 0) is 138 Å². The number of hydrogen-bond donors (Lipinski definition) is 7. The average molecular weight is 2010 g/mol. The SMILES string of the molecule is CCCCN1/C(=C/C=C2\CCCC(/C=C/C3=[N+](CCCC)c4ccc(S(=O)(=O)O)cc4C3(C)C)=C2Oc2ccc(CCCC(=O)CCOCCOCCOCCOCCOCCOCCOCCOCCOCCOCCOCCOCCNC(=O)CN(CCN(CC(=O)Nc3ccc(S(N)(=O)=O)cc3)C(=O)OC)CC(=O)Nc3ccc(S(N)(=O)=O)cc3)cc2)C(C)(C)c2cc(S(=O)(=O)O)ccc21. The summed E-state index contributed by atoms with van der Waals surface area (Å²) in [5, 5.41) is 18.2. The molecule has 3 aliphatic rings. The highest BCUT2D eigenvalue weighted by Gasteiger charge is 2.46. The zero-order valence-electron chi connectivity index (χ0n) is 80.1. The van der Waals surface area contributed by atoms with Gasteiger partial charge in [0.05, 0.1) is 204 Å². The monoisotopic (exact) mass is 2010 g/mol. The molecule has 0 spiro atoms. The summed E-state index contributed by atoms with van der Waals surface area (Å²) in [6, 6.07) is 27.7. The number of carbonyl (C=O) groups is 5. The molecule has 9 N–H and O–H groups in total. The maximum absolute atomic E-state index is 13.2. The molecular weight excluding hydrogens is 1870 g/mol. The predicted molar refractivity (Wildman–Crippen MR) is 517 cm³/mol. The number of nitrogens with zero attached hydrogens (tertiary/aromatic N) is 4. The van der Waals surface area contributed by atoms with Crippen LogP contribution in [-0.4, -0.2) is 310 Å². The van der Waals surface area contributed by atoms with Gasteiger partial charge in [-0.05, 0) is 178 Å². The number of fused-ring (bicyclic) bond motifs is 2. The maximum atomic E-state index is 13.2. The van der Waals surface area contributed by atoms with Gasteiger partial charge in [0.1, 0.15) is 30.4 Å². The van der Waals surface area contributed by atoms with Crippen molar-refractivity contribution in [1.29, 1.82) is 0 Å². The molecule has 2 heterocycles. The lowest BCUT2D eigenvalue weighted by atomic mass is 9.81. The standard InChI is InChI=1S/C96H137N9O29S4/c1-8-10-40-104-86-34-32-82(137(115,116)117)68-84(86)95(3,4)88(104)36-20-74-15-13-16-75(21-37-89-96(5,6)85-69-83(138(118,119)120)33-35-87(85)105(89)41-11-9-2)93(74)134-79-26-18-73(19-27-79)14-12-17-78(106)38-44-122-46-48-124-50-52-126-54-56-128-58-60-130-62-64-132-66-67-133-65-63-131-61-59-129-57-55-127-53-51-125-49-47-123-45-39-99-90(107)70-102(71-91(108)100-76-22-28-80(29-23-76)135(97,111)112)42-43-103(94(110)121-7)72-92(109)101-77-24-30-81(31-25-77)136(98,113)114/h18-37,68-69H,8-17,38-67,70-72H2,1-7H3,(H8-,97,98,99,100,101,107,108,109,111,112,113,114,115,116,117,118,119,120)/p+1. The first kappa shape index (κ1) is 114. The zero-order chi connectivity index (χ0) is 100.0. The molecule has 5 aromatic carbocycles. The zero-order valence-corrected chi connectivity index (χ0v) is 83.4. The number of hydrogen-bond acceptors (Lipinski definition) is 29. The van der Waals surface area contributed by atoms with E-state index in [9.17, 15) is 66.7 Å². The molecule has 1 aliphatic carbocycles. The Hall–Kier alpha value is -9.20. The first-order valence-corrected chi connectivity index (χ1v) is 52.4. The van der Waals surface area contributed by atoms with E-state index in [1.807, 2.05) is 24.3 Å². The largest absolute Gasteiger partial charge is 0.457 e. The van der Waals surface area contributed by atoms with E-state index in [-0.39, 0.29) is 89.3 Å². The van der Waals surface area contributed by atoms with Crippen molar-refractivity contribution in [3.8, 4) is 5.75 Å². The molecule has 0 fully saturated rings. The van der Waals surface area contributed by atoms with Crippen molar-refractivity contribution in [3.05, 3.63) is 173 Å². The minimum absolute atomic E-state index is 0.104. The summed E-state index contributed by atoms with van der Waals surface area (Å²) in [6.07, 6.45) is 15.6. The van der Waals surface area contributed by atoms with E-state index in [2.05, 4.69) is 91.3 Å². The molecule has 42 heteroatoms. The molecule has 0 radical (unpaired) electrons.